The Balaban J connectivity index is 2.35. The molecule has 94 valence electrons. The molecule has 17 heavy (non-hydrogen) atoms. The third kappa shape index (κ3) is 2.02. The Morgan fingerprint density at radius 1 is 1.59 bits per heavy atom. The van der Waals surface area contributed by atoms with Crippen LogP contribution >= 0.6 is 0 Å². The molecule has 1 aromatic heterocycles. The summed E-state index contributed by atoms with van der Waals surface area (Å²) < 4.78 is 19.7. The van der Waals surface area contributed by atoms with Crippen LogP contribution < -0.4 is 17.0 Å². The quantitative estimate of drug-likeness (QED) is 0.563. The van der Waals surface area contributed by atoms with Gasteiger partial charge in [-0.3, -0.25) is 14.3 Å². The van der Waals surface area contributed by atoms with Gasteiger partial charge in [0.25, 0.3) is 5.56 Å². The van der Waals surface area contributed by atoms with Crippen molar-refractivity contribution in [3.8, 4) is 0 Å². The molecular formula is C9H12FN3O4. The Morgan fingerprint density at radius 2 is 2.29 bits per heavy atom. The smallest absolute Gasteiger partial charge is 0.330 e. The van der Waals surface area contributed by atoms with Gasteiger partial charge in [-0.1, -0.05) is 0 Å². The van der Waals surface area contributed by atoms with Crippen LogP contribution in [-0.2, 0) is 4.74 Å². The van der Waals surface area contributed by atoms with E-state index in [-0.39, 0.29) is 6.54 Å². The molecule has 4 N–H and O–H groups in total. The van der Waals surface area contributed by atoms with Crippen LogP contribution in [0.4, 0.5) is 4.39 Å². The molecule has 0 aromatic carbocycles. The van der Waals surface area contributed by atoms with Crippen molar-refractivity contribution < 1.29 is 14.2 Å². The van der Waals surface area contributed by atoms with Gasteiger partial charge in [-0.2, -0.15) is 0 Å². The number of alkyl halides is 1. The van der Waals surface area contributed by atoms with E-state index in [1.807, 2.05) is 4.98 Å². The summed E-state index contributed by atoms with van der Waals surface area (Å²) in [5, 5.41) is 9.47. The lowest BCUT2D eigenvalue weighted by Gasteiger charge is -2.15. The highest BCUT2D eigenvalue weighted by Crippen LogP contribution is 2.30. The zero-order chi connectivity index (χ0) is 12.6. The van der Waals surface area contributed by atoms with Crippen LogP contribution in [0.15, 0.2) is 21.9 Å². The molecule has 0 saturated carbocycles. The largest absolute Gasteiger partial charge is 0.387 e. The number of aromatic nitrogens is 2. The van der Waals surface area contributed by atoms with Crippen LogP contribution in [-0.4, -0.2) is 39.6 Å². The fraction of sp³-hybridized carbons (Fsp3) is 0.556. The van der Waals surface area contributed by atoms with Crippen molar-refractivity contribution in [2.45, 2.75) is 24.6 Å². The van der Waals surface area contributed by atoms with Crippen molar-refractivity contribution in [1.29, 1.82) is 0 Å². The second kappa shape index (κ2) is 4.40. The molecule has 0 amide bonds. The number of hydrogen-bond donors (Lipinski definition) is 3. The van der Waals surface area contributed by atoms with Crippen molar-refractivity contribution in [2.24, 2.45) is 5.73 Å². The van der Waals surface area contributed by atoms with E-state index < -0.39 is 35.9 Å². The van der Waals surface area contributed by atoms with Gasteiger partial charge in [0.15, 0.2) is 12.4 Å². The van der Waals surface area contributed by atoms with Gasteiger partial charge in [-0.25, -0.2) is 9.18 Å². The van der Waals surface area contributed by atoms with Gasteiger partial charge in [0.1, 0.15) is 12.2 Å². The number of aromatic amines is 1. The third-order valence-electron chi connectivity index (χ3n) is 2.65. The molecule has 1 aromatic rings. The van der Waals surface area contributed by atoms with E-state index in [0.29, 0.717) is 0 Å². The second-order valence-corrected chi connectivity index (χ2v) is 3.75. The van der Waals surface area contributed by atoms with E-state index in [0.717, 1.165) is 16.8 Å². The van der Waals surface area contributed by atoms with Gasteiger partial charge in [0.2, 0.25) is 0 Å². The standard InChI is InChI=1S/C9H12FN3O4/c10-6-7(15)4(3-11)17-8(6)13-2-1-5(14)12-9(13)16/h1-2,4,6-8,15H,3,11H2,(H,12,14,16). The number of ether oxygens (including phenoxy) is 1. The summed E-state index contributed by atoms with van der Waals surface area (Å²) in [6.45, 7) is -0.0593. The summed E-state index contributed by atoms with van der Waals surface area (Å²) >= 11 is 0. The number of halogens is 1. The van der Waals surface area contributed by atoms with Gasteiger partial charge < -0.3 is 15.6 Å². The topological polar surface area (TPSA) is 110 Å². The summed E-state index contributed by atoms with van der Waals surface area (Å²) in [7, 11) is 0. The highest BCUT2D eigenvalue weighted by Gasteiger charge is 2.44. The molecule has 0 aliphatic carbocycles. The number of rotatable bonds is 2. The molecule has 4 atom stereocenters. The van der Waals surface area contributed by atoms with Gasteiger partial charge >= 0.3 is 5.69 Å². The SMILES string of the molecule is NCC1OC(n2ccc(=O)[nH]c2=O)C(F)C1O. The average Bonchev–Trinajstić information content (AvgIpc) is 2.57. The number of hydrogen-bond acceptors (Lipinski definition) is 5. The van der Waals surface area contributed by atoms with E-state index >= 15 is 0 Å². The fourth-order valence-electron chi connectivity index (χ4n) is 1.75. The minimum absolute atomic E-state index is 0.0593. The first kappa shape index (κ1) is 12.0. The van der Waals surface area contributed by atoms with E-state index in [4.69, 9.17) is 10.5 Å². The first-order valence-electron chi connectivity index (χ1n) is 5.03. The minimum atomic E-state index is -1.77. The molecule has 0 bridgehead atoms. The maximum absolute atomic E-state index is 13.7. The van der Waals surface area contributed by atoms with Crippen LogP contribution in [0.5, 0.6) is 0 Å². The highest BCUT2D eigenvalue weighted by atomic mass is 19.1. The first-order valence-corrected chi connectivity index (χ1v) is 5.03. The van der Waals surface area contributed by atoms with Crippen molar-refractivity contribution in [1.82, 2.24) is 9.55 Å². The summed E-state index contributed by atoms with van der Waals surface area (Å²) in [5.41, 5.74) is 3.91. The Kier molecular flexibility index (Phi) is 3.09. The van der Waals surface area contributed by atoms with E-state index in [9.17, 15) is 19.1 Å². The maximum Gasteiger partial charge on any atom is 0.330 e. The molecule has 2 rings (SSSR count). The molecule has 2 heterocycles. The first-order chi connectivity index (χ1) is 8.04. The van der Waals surface area contributed by atoms with Crippen LogP contribution in [0.25, 0.3) is 0 Å². The number of nitrogens with one attached hydrogen (secondary N) is 1. The maximum atomic E-state index is 13.7. The minimum Gasteiger partial charge on any atom is -0.387 e. The zero-order valence-electron chi connectivity index (χ0n) is 8.75. The number of H-pyrrole nitrogens is 1. The van der Waals surface area contributed by atoms with Crippen molar-refractivity contribution in [3.05, 3.63) is 33.1 Å². The molecule has 1 aliphatic heterocycles. The highest BCUT2D eigenvalue weighted by molar-refractivity contribution is 4.93. The average molecular weight is 245 g/mol. The Hall–Kier alpha value is -1.51. The summed E-state index contributed by atoms with van der Waals surface area (Å²) in [5.74, 6) is 0. The van der Waals surface area contributed by atoms with E-state index in [1.165, 1.54) is 0 Å². The third-order valence-corrected chi connectivity index (χ3v) is 2.65. The second-order valence-electron chi connectivity index (χ2n) is 3.75. The number of aliphatic hydroxyl groups is 1. The van der Waals surface area contributed by atoms with Crippen molar-refractivity contribution >= 4 is 0 Å². The number of nitrogens with two attached hydrogens (primary N) is 1. The molecule has 1 fully saturated rings. The molecule has 1 saturated heterocycles. The van der Waals surface area contributed by atoms with Gasteiger partial charge in [-0.15, -0.1) is 0 Å². The molecular weight excluding hydrogens is 233 g/mol. The van der Waals surface area contributed by atoms with Crippen molar-refractivity contribution in [2.75, 3.05) is 6.54 Å². The number of nitrogens with zero attached hydrogens (tertiary/aromatic N) is 1. The Morgan fingerprint density at radius 3 is 2.82 bits per heavy atom. The van der Waals surface area contributed by atoms with Gasteiger partial charge in [-0.05, 0) is 0 Å². The normalized spacial score (nSPS) is 32.9. The lowest BCUT2D eigenvalue weighted by molar-refractivity contribution is -0.0225. The monoisotopic (exact) mass is 245 g/mol. The molecule has 7 nitrogen and oxygen atoms in total. The Labute approximate surface area is 94.6 Å². The van der Waals surface area contributed by atoms with E-state index in [2.05, 4.69) is 0 Å². The fourth-order valence-corrected chi connectivity index (χ4v) is 1.75. The summed E-state index contributed by atoms with van der Waals surface area (Å²) in [6.07, 6.45) is -4.18. The van der Waals surface area contributed by atoms with Gasteiger partial charge in [0.05, 0.1) is 0 Å². The Bertz CT molecular complexity index is 513. The molecule has 1 aliphatic rings. The van der Waals surface area contributed by atoms with Crippen LogP contribution in [0, 0.1) is 0 Å². The van der Waals surface area contributed by atoms with Crippen LogP contribution in [0.2, 0.25) is 0 Å². The zero-order valence-corrected chi connectivity index (χ0v) is 8.75. The van der Waals surface area contributed by atoms with Crippen LogP contribution in [0.3, 0.4) is 0 Å². The van der Waals surface area contributed by atoms with Crippen molar-refractivity contribution in [3.63, 3.8) is 0 Å². The molecule has 8 heteroatoms. The van der Waals surface area contributed by atoms with E-state index in [1.54, 1.807) is 0 Å². The summed E-state index contributed by atoms with van der Waals surface area (Å²) in [6, 6.07) is 1.07. The molecule has 0 radical (unpaired) electrons. The predicted octanol–water partition coefficient (Wildman–Crippen LogP) is -1.91. The summed E-state index contributed by atoms with van der Waals surface area (Å²) in [4.78, 5) is 24.2. The molecule has 4 unspecified atom stereocenters. The predicted molar refractivity (Wildman–Crippen MR) is 55.2 cm³/mol. The number of aliphatic hydroxyl groups excluding tert-OH is 1. The molecule has 0 spiro atoms. The lowest BCUT2D eigenvalue weighted by Crippen LogP contribution is -2.36. The van der Waals surface area contributed by atoms with Crippen LogP contribution in [0.1, 0.15) is 6.23 Å². The lowest BCUT2D eigenvalue weighted by atomic mass is 10.1. The van der Waals surface area contributed by atoms with Gasteiger partial charge in [0, 0.05) is 18.8 Å².